The van der Waals surface area contributed by atoms with Gasteiger partial charge in [0.2, 0.25) is 0 Å². The van der Waals surface area contributed by atoms with Crippen molar-refractivity contribution >= 4 is 6.09 Å². The zero-order chi connectivity index (χ0) is 14.2. The highest BCUT2D eigenvalue weighted by atomic mass is 16.5. The van der Waals surface area contributed by atoms with Crippen molar-refractivity contribution in [2.75, 3.05) is 6.54 Å². The van der Waals surface area contributed by atoms with Gasteiger partial charge in [-0.3, -0.25) is 4.68 Å². The number of nitrogens with zero attached hydrogens (tertiary/aromatic N) is 2. The molecule has 0 atom stereocenters. The molecular weight excluding hydrogens is 254 g/mol. The number of carbonyl (C=O) groups is 1. The van der Waals surface area contributed by atoms with Crippen LogP contribution in [0.4, 0.5) is 4.79 Å². The molecule has 2 rings (SSSR count). The molecule has 5 nitrogen and oxygen atoms in total. The Hall–Kier alpha value is -2.74. The van der Waals surface area contributed by atoms with Gasteiger partial charge in [-0.25, -0.2) is 4.79 Å². The molecule has 0 aliphatic heterocycles. The van der Waals surface area contributed by atoms with Crippen molar-refractivity contribution in [3.8, 4) is 11.8 Å². The number of carbonyl (C=O) groups excluding carboxylic acids is 1. The average molecular weight is 269 g/mol. The lowest BCUT2D eigenvalue weighted by Gasteiger charge is -2.04. The molecule has 20 heavy (non-hydrogen) atoms. The van der Waals surface area contributed by atoms with Crippen LogP contribution in [0.3, 0.4) is 0 Å². The summed E-state index contributed by atoms with van der Waals surface area (Å²) in [7, 11) is 1.81. The van der Waals surface area contributed by atoms with Crippen molar-refractivity contribution in [2.45, 2.75) is 6.61 Å². The van der Waals surface area contributed by atoms with Crippen LogP contribution in [0.1, 0.15) is 11.3 Å². The summed E-state index contributed by atoms with van der Waals surface area (Å²) in [4.78, 5) is 11.4. The lowest BCUT2D eigenvalue weighted by molar-refractivity contribution is 0.141. The first kappa shape index (κ1) is 13.7. The third kappa shape index (κ3) is 4.18. The van der Waals surface area contributed by atoms with Gasteiger partial charge in [0.05, 0.1) is 12.7 Å². The van der Waals surface area contributed by atoms with E-state index in [2.05, 4.69) is 22.3 Å². The van der Waals surface area contributed by atoms with E-state index in [9.17, 15) is 4.79 Å². The highest BCUT2D eigenvalue weighted by molar-refractivity contribution is 5.67. The van der Waals surface area contributed by atoms with E-state index in [-0.39, 0.29) is 13.2 Å². The number of alkyl carbamates (subject to hydrolysis) is 1. The molecule has 0 spiro atoms. The fraction of sp³-hybridized carbons (Fsp3) is 0.200. The van der Waals surface area contributed by atoms with E-state index < -0.39 is 6.09 Å². The summed E-state index contributed by atoms with van der Waals surface area (Å²) in [6.45, 7) is 0.487. The van der Waals surface area contributed by atoms with Gasteiger partial charge in [0.15, 0.2) is 0 Å². The Morgan fingerprint density at radius 2 is 2.15 bits per heavy atom. The van der Waals surface area contributed by atoms with E-state index in [0.29, 0.717) is 0 Å². The number of aryl methyl sites for hydroxylation is 1. The fourth-order valence-corrected chi connectivity index (χ4v) is 1.52. The van der Waals surface area contributed by atoms with Crippen LogP contribution in [0, 0.1) is 11.8 Å². The maximum absolute atomic E-state index is 11.4. The third-order valence-corrected chi connectivity index (χ3v) is 2.57. The predicted octanol–water partition coefficient (Wildman–Crippen LogP) is 1.70. The molecule has 1 aromatic carbocycles. The maximum Gasteiger partial charge on any atom is 0.408 e. The first-order valence-electron chi connectivity index (χ1n) is 6.17. The molecule has 1 N–H and O–H groups in total. The van der Waals surface area contributed by atoms with Crippen molar-refractivity contribution in [3.05, 3.63) is 53.9 Å². The Balaban J connectivity index is 1.71. The number of amides is 1. The number of nitrogens with one attached hydrogen (secondary N) is 1. The van der Waals surface area contributed by atoms with E-state index in [1.54, 1.807) is 16.9 Å². The maximum atomic E-state index is 11.4. The van der Waals surface area contributed by atoms with Gasteiger partial charge in [0, 0.05) is 7.05 Å². The van der Waals surface area contributed by atoms with Gasteiger partial charge in [-0.15, -0.1) is 0 Å². The molecular formula is C15H15N3O2. The number of hydrogen-bond donors (Lipinski definition) is 1. The topological polar surface area (TPSA) is 56.2 Å². The molecule has 1 amide bonds. The first-order valence-corrected chi connectivity index (χ1v) is 6.17. The molecule has 0 bridgehead atoms. The molecule has 0 radical (unpaired) electrons. The third-order valence-electron chi connectivity index (χ3n) is 2.57. The minimum Gasteiger partial charge on any atom is -0.445 e. The smallest absolute Gasteiger partial charge is 0.408 e. The van der Waals surface area contributed by atoms with Crippen LogP contribution < -0.4 is 5.32 Å². The number of benzene rings is 1. The highest BCUT2D eigenvalue weighted by Gasteiger charge is 2.00. The van der Waals surface area contributed by atoms with Crippen LogP contribution in [0.5, 0.6) is 0 Å². The lowest BCUT2D eigenvalue weighted by atomic mass is 10.2. The summed E-state index contributed by atoms with van der Waals surface area (Å²) in [6.07, 6.45) is 1.19. The van der Waals surface area contributed by atoms with E-state index in [1.165, 1.54) is 0 Å². The number of ether oxygens (including phenoxy) is 1. The SMILES string of the molecule is Cn1nccc1C#CCNC(=O)OCc1ccccc1. The van der Waals surface area contributed by atoms with E-state index in [0.717, 1.165) is 11.3 Å². The number of aromatic nitrogens is 2. The largest absolute Gasteiger partial charge is 0.445 e. The van der Waals surface area contributed by atoms with Crippen LogP contribution in [0.25, 0.3) is 0 Å². The van der Waals surface area contributed by atoms with Crippen LogP contribution in [0.2, 0.25) is 0 Å². The second-order valence-corrected chi connectivity index (χ2v) is 4.06. The Morgan fingerprint density at radius 1 is 1.35 bits per heavy atom. The van der Waals surface area contributed by atoms with Gasteiger partial charge >= 0.3 is 6.09 Å². The van der Waals surface area contributed by atoms with E-state index in [1.807, 2.05) is 37.4 Å². The monoisotopic (exact) mass is 269 g/mol. The van der Waals surface area contributed by atoms with E-state index >= 15 is 0 Å². The molecule has 0 saturated heterocycles. The molecule has 102 valence electrons. The Kier molecular flexibility index (Phi) is 4.79. The molecule has 1 heterocycles. The highest BCUT2D eigenvalue weighted by Crippen LogP contribution is 2.00. The normalized spacial score (nSPS) is 9.45. The minimum absolute atomic E-state index is 0.235. The number of rotatable bonds is 3. The fourth-order valence-electron chi connectivity index (χ4n) is 1.52. The van der Waals surface area contributed by atoms with Gasteiger partial charge in [-0.1, -0.05) is 36.3 Å². The van der Waals surface area contributed by atoms with Crippen molar-refractivity contribution in [3.63, 3.8) is 0 Å². The predicted molar refractivity (Wildman–Crippen MR) is 74.7 cm³/mol. The van der Waals surface area contributed by atoms with Crippen LogP contribution in [0.15, 0.2) is 42.6 Å². The molecule has 0 aliphatic rings. The van der Waals surface area contributed by atoms with Gasteiger partial charge in [0.25, 0.3) is 0 Å². The molecule has 0 aliphatic carbocycles. The molecule has 0 saturated carbocycles. The summed E-state index contributed by atoms with van der Waals surface area (Å²) < 4.78 is 6.72. The molecule has 0 fully saturated rings. The zero-order valence-electron chi connectivity index (χ0n) is 11.2. The van der Waals surface area contributed by atoms with Gasteiger partial charge in [-0.05, 0) is 17.6 Å². The summed E-state index contributed by atoms with van der Waals surface area (Å²) >= 11 is 0. The first-order chi connectivity index (χ1) is 9.75. The van der Waals surface area contributed by atoms with Gasteiger partial charge in [0.1, 0.15) is 12.3 Å². The lowest BCUT2D eigenvalue weighted by Crippen LogP contribution is -2.24. The summed E-state index contributed by atoms with van der Waals surface area (Å²) in [5.41, 5.74) is 1.74. The van der Waals surface area contributed by atoms with Crippen molar-refractivity contribution in [1.29, 1.82) is 0 Å². The zero-order valence-corrected chi connectivity index (χ0v) is 11.2. The average Bonchev–Trinajstić information content (AvgIpc) is 2.88. The second kappa shape index (κ2) is 7.00. The Bertz CT molecular complexity index is 623. The minimum atomic E-state index is -0.479. The van der Waals surface area contributed by atoms with Crippen molar-refractivity contribution < 1.29 is 9.53 Å². The molecule has 5 heteroatoms. The summed E-state index contributed by atoms with van der Waals surface area (Å²) in [5, 5.41) is 6.57. The number of hydrogen-bond acceptors (Lipinski definition) is 3. The van der Waals surface area contributed by atoms with Crippen LogP contribution >= 0.6 is 0 Å². The Morgan fingerprint density at radius 3 is 2.85 bits per heavy atom. The summed E-state index contributed by atoms with van der Waals surface area (Å²) in [5.74, 6) is 5.74. The van der Waals surface area contributed by atoms with Crippen LogP contribution in [-0.4, -0.2) is 22.4 Å². The van der Waals surface area contributed by atoms with Crippen LogP contribution in [-0.2, 0) is 18.4 Å². The second-order valence-electron chi connectivity index (χ2n) is 4.06. The summed E-state index contributed by atoms with van der Waals surface area (Å²) in [6, 6.07) is 11.3. The van der Waals surface area contributed by atoms with Crippen molar-refractivity contribution in [1.82, 2.24) is 15.1 Å². The quantitative estimate of drug-likeness (QED) is 0.863. The molecule has 0 unspecified atom stereocenters. The van der Waals surface area contributed by atoms with Crippen molar-refractivity contribution in [2.24, 2.45) is 7.05 Å². The molecule has 1 aromatic heterocycles. The van der Waals surface area contributed by atoms with Gasteiger partial charge in [-0.2, -0.15) is 5.10 Å². The molecule has 2 aromatic rings. The van der Waals surface area contributed by atoms with E-state index in [4.69, 9.17) is 4.74 Å². The standard InChI is InChI=1S/C15H15N3O2/c1-18-14(9-11-17-18)8-5-10-16-15(19)20-12-13-6-3-2-4-7-13/h2-4,6-7,9,11H,10,12H2,1H3,(H,16,19). The Labute approximate surface area is 117 Å². The van der Waals surface area contributed by atoms with Gasteiger partial charge < -0.3 is 10.1 Å².